The van der Waals surface area contributed by atoms with Crippen LogP contribution in [-0.4, -0.2) is 39.9 Å². The van der Waals surface area contributed by atoms with E-state index >= 15 is 0 Å². The number of hydrogen-bond donors (Lipinski definition) is 2. The van der Waals surface area contributed by atoms with Crippen molar-refractivity contribution in [2.75, 3.05) is 11.9 Å². The summed E-state index contributed by atoms with van der Waals surface area (Å²) in [5.41, 5.74) is 0.0546. The van der Waals surface area contributed by atoms with Crippen molar-refractivity contribution in [1.82, 2.24) is 15.4 Å². The lowest BCUT2D eigenvalue weighted by molar-refractivity contribution is -0.142. The van der Waals surface area contributed by atoms with Crippen molar-refractivity contribution in [2.24, 2.45) is 0 Å². The number of halogens is 1. The SMILES string of the molecule is CCCCN(C(=O)CCC(=O)Nc1cc(C)on1)[C@@H](C(=O)NC(C)(C)C)c1ccccc1Cl. The van der Waals surface area contributed by atoms with Gasteiger partial charge >= 0.3 is 0 Å². The van der Waals surface area contributed by atoms with Crippen molar-refractivity contribution in [3.63, 3.8) is 0 Å². The minimum absolute atomic E-state index is 0.0521. The van der Waals surface area contributed by atoms with E-state index in [4.69, 9.17) is 16.1 Å². The summed E-state index contributed by atoms with van der Waals surface area (Å²) in [5.74, 6) is -0.113. The van der Waals surface area contributed by atoms with E-state index in [0.29, 0.717) is 35.1 Å². The number of amides is 3. The predicted molar refractivity (Wildman–Crippen MR) is 128 cm³/mol. The average molecular weight is 477 g/mol. The highest BCUT2D eigenvalue weighted by molar-refractivity contribution is 6.31. The lowest BCUT2D eigenvalue weighted by Crippen LogP contribution is -2.49. The fourth-order valence-corrected chi connectivity index (χ4v) is 3.55. The van der Waals surface area contributed by atoms with Crippen molar-refractivity contribution in [3.8, 4) is 0 Å². The van der Waals surface area contributed by atoms with Crippen molar-refractivity contribution < 1.29 is 18.9 Å². The number of hydrogen-bond acceptors (Lipinski definition) is 5. The summed E-state index contributed by atoms with van der Waals surface area (Å²) in [6, 6.07) is 7.70. The summed E-state index contributed by atoms with van der Waals surface area (Å²) < 4.78 is 4.93. The highest BCUT2D eigenvalue weighted by Gasteiger charge is 2.34. The Labute approximate surface area is 200 Å². The third-order valence-corrected chi connectivity index (χ3v) is 5.14. The fraction of sp³-hybridized carbons (Fsp3) is 0.500. The molecule has 0 fully saturated rings. The van der Waals surface area contributed by atoms with Gasteiger partial charge in [-0.1, -0.05) is 48.3 Å². The van der Waals surface area contributed by atoms with Gasteiger partial charge in [0.05, 0.1) is 0 Å². The minimum Gasteiger partial charge on any atom is -0.360 e. The summed E-state index contributed by atoms with van der Waals surface area (Å²) in [6.45, 7) is 9.73. The summed E-state index contributed by atoms with van der Waals surface area (Å²) in [5, 5.41) is 9.70. The molecule has 0 saturated carbocycles. The molecule has 1 aromatic heterocycles. The Bertz CT molecular complexity index is 967. The van der Waals surface area contributed by atoms with E-state index in [0.717, 1.165) is 6.42 Å². The van der Waals surface area contributed by atoms with Crippen LogP contribution in [0.25, 0.3) is 0 Å². The van der Waals surface area contributed by atoms with Crippen LogP contribution in [-0.2, 0) is 14.4 Å². The lowest BCUT2D eigenvalue weighted by atomic mass is 10.0. The van der Waals surface area contributed by atoms with Gasteiger partial charge in [-0.15, -0.1) is 0 Å². The number of unbranched alkanes of at least 4 members (excludes halogenated alkanes) is 1. The summed E-state index contributed by atoms with van der Waals surface area (Å²) in [4.78, 5) is 40.5. The molecule has 180 valence electrons. The molecule has 2 aromatic rings. The Morgan fingerprint density at radius 1 is 1.18 bits per heavy atom. The molecule has 8 nitrogen and oxygen atoms in total. The maximum atomic E-state index is 13.3. The van der Waals surface area contributed by atoms with Gasteiger partial charge < -0.3 is 20.1 Å². The first-order valence-electron chi connectivity index (χ1n) is 11.1. The third-order valence-electron chi connectivity index (χ3n) is 4.79. The number of rotatable bonds is 10. The number of aryl methyl sites for hydroxylation is 1. The predicted octanol–water partition coefficient (Wildman–Crippen LogP) is 4.64. The highest BCUT2D eigenvalue weighted by atomic mass is 35.5. The van der Waals surface area contributed by atoms with E-state index < -0.39 is 11.6 Å². The second-order valence-electron chi connectivity index (χ2n) is 8.97. The number of nitrogens with one attached hydrogen (secondary N) is 2. The zero-order valence-electron chi connectivity index (χ0n) is 19.9. The molecule has 1 atom stereocenters. The minimum atomic E-state index is -0.904. The molecule has 0 saturated heterocycles. The van der Waals surface area contributed by atoms with E-state index in [1.165, 1.54) is 4.90 Å². The van der Waals surface area contributed by atoms with Gasteiger partial charge in [-0.2, -0.15) is 0 Å². The van der Waals surface area contributed by atoms with Crippen LogP contribution in [0.5, 0.6) is 0 Å². The monoisotopic (exact) mass is 476 g/mol. The van der Waals surface area contributed by atoms with Gasteiger partial charge in [-0.25, -0.2) is 0 Å². The lowest BCUT2D eigenvalue weighted by Gasteiger charge is -2.34. The van der Waals surface area contributed by atoms with E-state index in [-0.39, 0.29) is 30.6 Å². The number of benzene rings is 1. The van der Waals surface area contributed by atoms with Gasteiger partial charge in [0, 0.05) is 41.6 Å². The van der Waals surface area contributed by atoms with Gasteiger partial charge in [0.1, 0.15) is 11.8 Å². The molecule has 0 spiro atoms. The molecule has 0 unspecified atom stereocenters. The Hall–Kier alpha value is -2.87. The largest absolute Gasteiger partial charge is 0.360 e. The smallest absolute Gasteiger partial charge is 0.247 e. The molecule has 0 bridgehead atoms. The average Bonchev–Trinajstić information content (AvgIpc) is 3.13. The fourth-order valence-electron chi connectivity index (χ4n) is 3.31. The second-order valence-corrected chi connectivity index (χ2v) is 9.38. The summed E-state index contributed by atoms with van der Waals surface area (Å²) in [7, 11) is 0. The standard InChI is InChI=1S/C24H33ClN4O4/c1-6-7-14-29(21(31)13-12-20(30)26-19-15-16(2)33-28-19)22(23(32)27-24(3,4)5)17-10-8-9-11-18(17)25/h8-11,15,22H,6-7,12-14H2,1-5H3,(H,27,32)(H,26,28,30)/t22-/m1/s1. The molecule has 3 amide bonds. The zero-order valence-corrected chi connectivity index (χ0v) is 20.7. The van der Waals surface area contributed by atoms with Crippen LogP contribution in [0, 0.1) is 6.92 Å². The molecule has 0 radical (unpaired) electrons. The quantitative estimate of drug-likeness (QED) is 0.519. The van der Waals surface area contributed by atoms with E-state index in [1.807, 2.05) is 27.7 Å². The van der Waals surface area contributed by atoms with Crippen LogP contribution in [0.4, 0.5) is 5.82 Å². The van der Waals surface area contributed by atoms with Crippen LogP contribution in [0.15, 0.2) is 34.9 Å². The van der Waals surface area contributed by atoms with E-state index in [9.17, 15) is 14.4 Å². The number of aromatic nitrogens is 1. The number of nitrogens with zero attached hydrogens (tertiary/aromatic N) is 2. The van der Waals surface area contributed by atoms with Crippen LogP contribution in [0.1, 0.15) is 70.7 Å². The Balaban J connectivity index is 2.25. The van der Waals surface area contributed by atoms with Crippen molar-refractivity contribution >= 4 is 35.1 Å². The van der Waals surface area contributed by atoms with Gasteiger partial charge in [0.2, 0.25) is 17.7 Å². The Morgan fingerprint density at radius 3 is 2.45 bits per heavy atom. The van der Waals surface area contributed by atoms with Crippen molar-refractivity contribution in [2.45, 2.75) is 71.9 Å². The Kier molecular flexibility index (Phi) is 9.46. The molecule has 1 heterocycles. The Morgan fingerprint density at radius 2 is 1.88 bits per heavy atom. The molecular weight excluding hydrogens is 444 g/mol. The van der Waals surface area contributed by atoms with Gasteiger partial charge in [0.15, 0.2) is 5.82 Å². The second kappa shape index (κ2) is 11.8. The third kappa shape index (κ3) is 8.20. The molecule has 0 aliphatic heterocycles. The van der Waals surface area contributed by atoms with Gasteiger partial charge in [-0.05, 0) is 40.2 Å². The first-order chi connectivity index (χ1) is 15.5. The maximum absolute atomic E-state index is 13.3. The van der Waals surface area contributed by atoms with Crippen LogP contribution in [0.2, 0.25) is 5.02 Å². The number of carbonyl (C=O) groups excluding carboxylic acids is 3. The number of anilines is 1. The molecule has 9 heteroatoms. The first-order valence-corrected chi connectivity index (χ1v) is 11.5. The molecule has 0 aliphatic carbocycles. The van der Waals surface area contributed by atoms with E-state index in [2.05, 4.69) is 15.8 Å². The molecule has 0 aliphatic rings. The summed E-state index contributed by atoms with van der Waals surface area (Å²) >= 11 is 6.44. The topological polar surface area (TPSA) is 105 Å². The number of carbonyl (C=O) groups is 3. The van der Waals surface area contributed by atoms with Crippen LogP contribution in [0.3, 0.4) is 0 Å². The van der Waals surface area contributed by atoms with Crippen LogP contribution < -0.4 is 10.6 Å². The van der Waals surface area contributed by atoms with Crippen molar-refractivity contribution in [1.29, 1.82) is 0 Å². The highest BCUT2D eigenvalue weighted by Crippen LogP contribution is 2.29. The summed E-state index contributed by atoms with van der Waals surface area (Å²) in [6.07, 6.45) is 1.44. The molecule has 2 rings (SSSR count). The molecule has 1 aromatic carbocycles. The van der Waals surface area contributed by atoms with Gasteiger partial charge in [0.25, 0.3) is 0 Å². The van der Waals surface area contributed by atoms with Crippen molar-refractivity contribution in [3.05, 3.63) is 46.7 Å². The van der Waals surface area contributed by atoms with E-state index in [1.54, 1.807) is 37.3 Å². The molecular formula is C24H33ClN4O4. The molecule has 2 N–H and O–H groups in total. The van der Waals surface area contributed by atoms with Gasteiger partial charge in [-0.3, -0.25) is 14.4 Å². The first kappa shape index (κ1) is 26.4. The van der Waals surface area contributed by atoms with Crippen LogP contribution >= 0.6 is 11.6 Å². The maximum Gasteiger partial charge on any atom is 0.247 e. The zero-order chi connectivity index (χ0) is 24.6. The normalized spacial score (nSPS) is 12.2. The molecule has 33 heavy (non-hydrogen) atoms.